The van der Waals surface area contributed by atoms with Crippen molar-refractivity contribution in [2.45, 2.75) is 81.4 Å². The lowest BCUT2D eigenvalue weighted by Gasteiger charge is -2.14. The molecular formula is C28H35N3O8S2. The van der Waals surface area contributed by atoms with Gasteiger partial charge in [-0.1, -0.05) is 64.0 Å². The van der Waals surface area contributed by atoms with Crippen molar-refractivity contribution in [3.63, 3.8) is 0 Å². The van der Waals surface area contributed by atoms with Crippen LogP contribution in [0.15, 0.2) is 62.5 Å². The Bertz CT molecular complexity index is 1640. The van der Waals surface area contributed by atoms with Crippen LogP contribution < -0.4 is 5.32 Å². The lowest BCUT2D eigenvalue weighted by molar-refractivity contribution is -0.114. The molecule has 0 fully saturated rings. The normalized spacial score (nSPS) is 12.3. The number of aryl methyl sites for hydroxylation is 1. The smallest absolute Gasteiger partial charge is 0.296 e. The lowest BCUT2D eigenvalue weighted by Crippen LogP contribution is -2.08. The molecule has 0 aliphatic rings. The van der Waals surface area contributed by atoms with Gasteiger partial charge in [0, 0.05) is 12.3 Å². The van der Waals surface area contributed by atoms with Crippen LogP contribution in [0.25, 0.3) is 10.8 Å². The first kappa shape index (κ1) is 32.1. The molecule has 0 atom stereocenters. The minimum atomic E-state index is -4.98. The highest BCUT2D eigenvalue weighted by Gasteiger charge is 2.25. The molecule has 11 nitrogen and oxygen atoms in total. The van der Waals surface area contributed by atoms with Crippen molar-refractivity contribution >= 4 is 54.0 Å². The van der Waals surface area contributed by atoms with Crippen LogP contribution in [0, 0.1) is 0 Å². The Hall–Kier alpha value is -3.39. The summed E-state index contributed by atoms with van der Waals surface area (Å²) >= 11 is 0. The summed E-state index contributed by atoms with van der Waals surface area (Å²) in [5, 5.41) is 20.9. The van der Waals surface area contributed by atoms with E-state index in [1.807, 2.05) is 12.1 Å². The molecule has 3 rings (SSSR count). The molecule has 0 saturated heterocycles. The third kappa shape index (κ3) is 9.05. The second-order valence-corrected chi connectivity index (χ2v) is 12.7. The second kappa shape index (κ2) is 14.0. The summed E-state index contributed by atoms with van der Waals surface area (Å²) in [5.41, 5.74) is 0.615. The van der Waals surface area contributed by atoms with Crippen LogP contribution in [-0.4, -0.2) is 37.0 Å². The fourth-order valence-corrected chi connectivity index (χ4v) is 5.69. The van der Waals surface area contributed by atoms with Gasteiger partial charge in [0.2, 0.25) is 5.91 Å². The van der Waals surface area contributed by atoms with E-state index in [9.17, 15) is 35.8 Å². The number of azo groups is 1. The van der Waals surface area contributed by atoms with Gasteiger partial charge in [-0.3, -0.25) is 13.9 Å². The molecule has 0 aromatic heterocycles. The highest BCUT2D eigenvalue weighted by molar-refractivity contribution is 7.86. The Morgan fingerprint density at radius 2 is 1.44 bits per heavy atom. The van der Waals surface area contributed by atoms with E-state index < -0.39 is 47.4 Å². The monoisotopic (exact) mass is 605 g/mol. The van der Waals surface area contributed by atoms with Crippen molar-refractivity contribution in [1.29, 1.82) is 0 Å². The van der Waals surface area contributed by atoms with Gasteiger partial charge in [0.15, 0.2) is 5.75 Å². The highest BCUT2D eigenvalue weighted by Crippen LogP contribution is 2.45. The Kier molecular flexibility index (Phi) is 11.0. The van der Waals surface area contributed by atoms with Gasteiger partial charge in [0.25, 0.3) is 20.2 Å². The number of carbonyl (C=O) groups is 1. The molecule has 0 spiro atoms. The summed E-state index contributed by atoms with van der Waals surface area (Å²) in [5.74, 6) is -1.41. The largest absolute Gasteiger partial charge is 0.505 e. The quantitative estimate of drug-likeness (QED) is 0.0852. The zero-order valence-corrected chi connectivity index (χ0v) is 24.6. The van der Waals surface area contributed by atoms with Crippen LogP contribution in [0.5, 0.6) is 5.75 Å². The first-order valence-corrected chi connectivity index (χ1v) is 16.3. The Balaban J connectivity index is 1.89. The summed E-state index contributed by atoms with van der Waals surface area (Å²) < 4.78 is 67.1. The van der Waals surface area contributed by atoms with Crippen LogP contribution in [0.4, 0.5) is 17.1 Å². The first-order valence-electron chi connectivity index (χ1n) is 13.4. The molecule has 3 aromatic carbocycles. The predicted octanol–water partition coefficient (Wildman–Crippen LogP) is 7.10. The number of carbonyl (C=O) groups excluding carboxylic acids is 1. The van der Waals surface area contributed by atoms with Crippen LogP contribution in [0.2, 0.25) is 0 Å². The topological polar surface area (TPSA) is 183 Å². The number of fused-ring (bicyclic) bond motifs is 1. The molecule has 0 aliphatic carbocycles. The van der Waals surface area contributed by atoms with E-state index in [2.05, 4.69) is 22.5 Å². The maximum absolute atomic E-state index is 12.2. The number of hydrogen-bond acceptors (Lipinski definition) is 8. The van der Waals surface area contributed by atoms with E-state index >= 15 is 0 Å². The predicted molar refractivity (Wildman–Crippen MR) is 156 cm³/mol. The number of hydrogen-bond donors (Lipinski definition) is 4. The van der Waals surface area contributed by atoms with Crippen LogP contribution in [-0.2, 0) is 31.5 Å². The number of unbranched alkanes of at least 4 members (excludes halogenated alkanes) is 7. The molecule has 0 unspecified atom stereocenters. The molecule has 0 aliphatic heterocycles. The van der Waals surface area contributed by atoms with Gasteiger partial charge in [0.1, 0.15) is 10.6 Å². The summed E-state index contributed by atoms with van der Waals surface area (Å²) in [4.78, 5) is 10.2. The average molecular weight is 606 g/mol. The summed E-state index contributed by atoms with van der Waals surface area (Å²) in [6, 6.07) is 9.79. The summed E-state index contributed by atoms with van der Waals surface area (Å²) in [6.07, 6.45) is 10.7. The third-order valence-electron chi connectivity index (χ3n) is 6.53. The minimum absolute atomic E-state index is 0.172. The van der Waals surface area contributed by atoms with Gasteiger partial charge in [-0.15, -0.1) is 5.11 Å². The molecule has 0 bridgehead atoms. The summed E-state index contributed by atoms with van der Waals surface area (Å²) in [7, 11) is -9.75. The van der Waals surface area contributed by atoms with Gasteiger partial charge >= 0.3 is 0 Å². The molecular weight excluding hydrogens is 570 g/mol. The van der Waals surface area contributed by atoms with E-state index in [0.29, 0.717) is 5.69 Å². The zero-order chi connectivity index (χ0) is 30.2. The van der Waals surface area contributed by atoms with E-state index in [1.165, 1.54) is 38.5 Å². The number of anilines is 1. The Morgan fingerprint density at radius 3 is 2.00 bits per heavy atom. The molecule has 0 saturated carbocycles. The number of nitrogens with one attached hydrogen (secondary N) is 1. The van der Waals surface area contributed by atoms with Crippen molar-refractivity contribution in [2.24, 2.45) is 10.2 Å². The Morgan fingerprint density at radius 1 is 0.829 bits per heavy atom. The lowest BCUT2D eigenvalue weighted by atomic mass is 10.0. The van der Waals surface area contributed by atoms with Crippen molar-refractivity contribution < 1.29 is 35.8 Å². The van der Waals surface area contributed by atoms with E-state index in [0.717, 1.165) is 49.9 Å². The zero-order valence-electron chi connectivity index (χ0n) is 23.0. The Labute approximate surface area is 240 Å². The third-order valence-corrected chi connectivity index (χ3v) is 8.23. The van der Waals surface area contributed by atoms with Gasteiger partial charge in [0.05, 0.1) is 16.3 Å². The number of aromatic hydroxyl groups is 1. The molecule has 0 heterocycles. The molecule has 4 N–H and O–H groups in total. The van der Waals surface area contributed by atoms with Gasteiger partial charge in [-0.2, -0.15) is 21.9 Å². The molecule has 1 amide bonds. The fraction of sp³-hybridized carbons (Fsp3) is 0.393. The van der Waals surface area contributed by atoms with E-state index in [-0.39, 0.29) is 16.5 Å². The fourth-order valence-electron chi connectivity index (χ4n) is 4.49. The maximum atomic E-state index is 12.2. The van der Waals surface area contributed by atoms with Crippen molar-refractivity contribution in [3.05, 3.63) is 48.0 Å². The molecule has 13 heteroatoms. The van der Waals surface area contributed by atoms with E-state index in [1.54, 1.807) is 12.1 Å². The minimum Gasteiger partial charge on any atom is -0.505 e. The number of amides is 1. The van der Waals surface area contributed by atoms with Crippen LogP contribution in [0.3, 0.4) is 0 Å². The second-order valence-electron chi connectivity index (χ2n) is 9.86. The van der Waals surface area contributed by atoms with Gasteiger partial charge in [-0.25, -0.2) is 0 Å². The van der Waals surface area contributed by atoms with Gasteiger partial charge in [-0.05, 0) is 54.1 Å². The number of benzene rings is 3. The number of nitrogens with zero attached hydrogens (tertiary/aromatic N) is 2. The average Bonchev–Trinajstić information content (AvgIpc) is 2.88. The SMILES string of the molecule is CCCCCCCCCCc1ccc(N=Nc2c(S(=O)(=O)O)cc3cc(S(=O)(=O)O)cc(NC(C)=O)c3c2O)cc1. The number of rotatable bonds is 14. The van der Waals surface area contributed by atoms with E-state index in [4.69, 9.17) is 0 Å². The molecule has 41 heavy (non-hydrogen) atoms. The van der Waals surface area contributed by atoms with Crippen LogP contribution >= 0.6 is 0 Å². The van der Waals surface area contributed by atoms with Crippen LogP contribution in [0.1, 0.15) is 70.8 Å². The molecule has 0 radical (unpaired) electrons. The van der Waals surface area contributed by atoms with Crippen molar-refractivity contribution in [3.8, 4) is 5.75 Å². The standard InChI is InChI=1S/C28H35N3O8S2/c1-3-4-5-6-7-8-9-10-11-20-12-14-22(15-13-20)30-31-27-25(41(37,38)39)17-21-16-23(40(34,35)36)18-24(29-19(2)32)26(21)28(27)33/h12-18,33H,3-11H2,1-2H3,(H,29,32)(H,34,35,36)(H,37,38,39). The molecule has 3 aromatic rings. The number of phenolic OH excluding ortho intramolecular Hbond substituents is 1. The highest BCUT2D eigenvalue weighted by atomic mass is 32.2. The summed E-state index contributed by atoms with van der Waals surface area (Å²) in [6.45, 7) is 3.34. The number of phenols is 1. The van der Waals surface area contributed by atoms with Crippen molar-refractivity contribution in [2.75, 3.05) is 5.32 Å². The first-order chi connectivity index (χ1) is 19.3. The van der Waals surface area contributed by atoms with Gasteiger partial charge < -0.3 is 10.4 Å². The van der Waals surface area contributed by atoms with Crippen molar-refractivity contribution in [1.82, 2.24) is 0 Å². The molecule has 222 valence electrons. The maximum Gasteiger partial charge on any atom is 0.296 e.